The fourth-order valence-electron chi connectivity index (χ4n) is 2.00. The minimum absolute atomic E-state index is 0.0287. The molecule has 1 aromatic rings. The number of nitro benzene ring substituents is 1. The van der Waals surface area contributed by atoms with Crippen LogP contribution in [0.1, 0.15) is 22.8 Å². The molecule has 0 fully saturated rings. The van der Waals surface area contributed by atoms with Crippen molar-refractivity contribution in [3.8, 4) is 0 Å². The van der Waals surface area contributed by atoms with E-state index in [0.29, 0.717) is 23.6 Å². The van der Waals surface area contributed by atoms with Crippen molar-refractivity contribution in [3.05, 3.63) is 39.4 Å². The summed E-state index contributed by atoms with van der Waals surface area (Å²) >= 11 is 0. The van der Waals surface area contributed by atoms with Crippen molar-refractivity contribution in [1.29, 1.82) is 0 Å². The molecule has 1 aromatic carbocycles. The van der Waals surface area contributed by atoms with Crippen molar-refractivity contribution in [2.24, 2.45) is 5.92 Å². The number of benzene rings is 1. The van der Waals surface area contributed by atoms with E-state index in [1.54, 1.807) is 19.1 Å². The van der Waals surface area contributed by atoms with Gasteiger partial charge in [-0.25, -0.2) is 0 Å². The van der Waals surface area contributed by atoms with Gasteiger partial charge >= 0.3 is 0 Å². The number of rotatable bonds is 6. The molecule has 0 radical (unpaired) electrons. The van der Waals surface area contributed by atoms with Gasteiger partial charge in [0.1, 0.15) is 0 Å². The third-order valence-electron chi connectivity index (χ3n) is 2.96. The first-order valence-electron chi connectivity index (χ1n) is 6.49. The summed E-state index contributed by atoms with van der Waals surface area (Å²) in [5.41, 5.74) is 0.839. The number of nitrogens with zero attached hydrogens (tertiary/aromatic N) is 2. The zero-order valence-corrected chi connectivity index (χ0v) is 12.3. The van der Waals surface area contributed by atoms with Crippen LogP contribution in [0.2, 0.25) is 0 Å². The fraction of sp³-hybridized carbons (Fsp3) is 0.500. The van der Waals surface area contributed by atoms with Crippen molar-refractivity contribution in [2.45, 2.75) is 13.8 Å². The summed E-state index contributed by atoms with van der Waals surface area (Å²) in [5, 5.41) is 13.7. The number of hydrogen-bond donors (Lipinski definition) is 1. The van der Waals surface area contributed by atoms with E-state index in [1.165, 1.54) is 6.07 Å². The molecular weight excluding hydrogens is 258 g/mol. The van der Waals surface area contributed by atoms with Crippen LogP contribution in [0.5, 0.6) is 0 Å². The van der Waals surface area contributed by atoms with Crippen molar-refractivity contribution in [3.63, 3.8) is 0 Å². The molecule has 1 amide bonds. The zero-order valence-electron chi connectivity index (χ0n) is 12.3. The van der Waals surface area contributed by atoms with E-state index in [1.807, 2.05) is 25.9 Å². The predicted octanol–water partition coefficient (Wildman–Crippen LogP) is 1.83. The highest BCUT2D eigenvalue weighted by atomic mass is 16.6. The summed E-state index contributed by atoms with van der Waals surface area (Å²) in [7, 11) is 3.95. The Morgan fingerprint density at radius 2 is 2.10 bits per heavy atom. The second kappa shape index (κ2) is 7.00. The van der Waals surface area contributed by atoms with Crippen LogP contribution < -0.4 is 5.32 Å². The monoisotopic (exact) mass is 279 g/mol. The average Bonchev–Trinajstić information content (AvgIpc) is 2.35. The van der Waals surface area contributed by atoms with Gasteiger partial charge in [0.05, 0.1) is 4.92 Å². The van der Waals surface area contributed by atoms with Gasteiger partial charge in [-0.05, 0) is 33.0 Å². The summed E-state index contributed by atoms with van der Waals surface area (Å²) in [6.45, 7) is 5.10. The van der Waals surface area contributed by atoms with E-state index in [4.69, 9.17) is 0 Å². The first kappa shape index (κ1) is 16.1. The molecule has 1 atom stereocenters. The van der Waals surface area contributed by atoms with E-state index in [2.05, 4.69) is 5.32 Å². The molecule has 1 N–H and O–H groups in total. The Morgan fingerprint density at radius 1 is 1.45 bits per heavy atom. The van der Waals surface area contributed by atoms with Gasteiger partial charge in [0, 0.05) is 30.3 Å². The van der Waals surface area contributed by atoms with Gasteiger partial charge in [-0.3, -0.25) is 14.9 Å². The van der Waals surface area contributed by atoms with Gasteiger partial charge < -0.3 is 10.2 Å². The summed E-state index contributed by atoms with van der Waals surface area (Å²) < 4.78 is 0. The summed E-state index contributed by atoms with van der Waals surface area (Å²) in [6.07, 6.45) is 0. The third kappa shape index (κ3) is 4.62. The van der Waals surface area contributed by atoms with Gasteiger partial charge in [0.2, 0.25) is 0 Å². The van der Waals surface area contributed by atoms with Crippen LogP contribution in [0.25, 0.3) is 0 Å². The molecule has 6 nitrogen and oxygen atoms in total. The maximum Gasteiger partial charge on any atom is 0.273 e. The first-order valence-corrected chi connectivity index (χ1v) is 6.49. The molecule has 0 unspecified atom stereocenters. The Morgan fingerprint density at radius 3 is 2.65 bits per heavy atom. The van der Waals surface area contributed by atoms with Crippen LogP contribution in [-0.2, 0) is 0 Å². The normalized spacial score (nSPS) is 12.2. The van der Waals surface area contributed by atoms with E-state index in [0.717, 1.165) is 6.54 Å². The van der Waals surface area contributed by atoms with Gasteiger partial charge in [-0.2, -0.15) is 0 Å². The Hall–Kier alpha value is -1.95. The highest BCUT2D eigenvalue weighted by molar-refractivity contribution is 5.94. The number of amides is 1. The molecule has 0 aliphatic heterocycles. The lowest BCUT2D eigenvalue weighted by Crippen LogP contribution is -2.32. The van der Waals surface area contributed by atoms with Crippen LogP contribution >= 0.6 is 0 Å². The average molecular weight is 279 g/mol. The molecule has 1 rings (SSSR count). The number of aryl methyl sites for hydroxylation is 1. The van der Waals surface area contributed by atoms with Gasteiger partial charge in [0.15, 0.2) is 0 Å². The molecule has 0 aliphatic carbocycles. The van der Waals surface area contributed by atoms with Crippen LogP contribution in [0.3, 0.4) is 0 Å². The van der Waals surface area contributed by atoms with E-state index < -0.39 is 4.92 Å². The van der Waals surface area contributed by atoms with Gasteiger partial charge in [0.25, 0.3) is 11.6 Å². The van der Waals surface area contributed by atoms with Gasteiger partial charge in [-0.15, -0.1) is 0 Å². The molecule has 0 heterocycles. The molecule has 20 heavy (non-hydrogen) atoms. The molecule has 6 heteroatoms. The van der Waals surface area contributed by atoms with Crippen molar-refractivity contribution < 1.29 is 9.72 Å². The summed E-state index contributed by atoms with van der Waals surface area (Å²) in [4.78, 5) is 24.4. The van der Waals surface area contributed by atoms with Crippen LogP contribution in [0.4, 0.5) is 5.69 Å². The number of carbonyl (C=O) groups is 1. The highest BCUT2D eigenvalue weighted by Gasteiger charge is 2.15. The topological polar surface area (TPSA) is 75.5 Å². The largest absolute Gasteiger partial charge is 0.352 e. The van der Waals surface area contributed by atoms with Crippen LogP contribution in [-0.4, -0.2) is 42.9 Å². The second-order valence-electron chi connectivity index (χ2n) is 5.34. The van der Waals surface area contributed by atoms with Gasteiger partial charge in [-0.1, -0.05) is 13.0 Å². The molecule has 0 aromatic heterocycles. The molecule has 0 spiro atoms. The fourth-order valence-corrected chi connectivity index (χ4v) is 2.00. The van der Waals surface area contributed by atoms with Crippen molar-refractivity contribution >= 4 is 11.6 Å². The Bertz CT molecular complexity index is 500. The lowest BCUT2D eigenvalue weighted by Gasteiger charge is -2.17. The lowest BCUT2D eigenvalue weighted by molar-refractivity contribution is -0.385. The lowest BCUT2D eigenvalue weighted by atomic mass is 10.1. The molecule has 0 saturated carbocycles. The maximum atomic E-state index is 12.0. The maximum absolute atomic E-state index is 12.0. The molecule has 0 bridgehead atoms. The molecule has 0 aliphatic rings. The summed E-state index contributed by atoms with van der Waals surface area (Å²) in [6, 6.07) is 4.52. The predicted molar refractivity (Wildman–Crippen MR) is 77.9 cm³/mol. The molecular formula is C14H21N3O3. The van der Waals surface area contributed by atoms with Crippen LogP contribution in [0.15, 0.2) is 18.2 Å². The number of carbonyl (C=O) groups excluding carboxylic acids is 1. The van der Waals surface area contributed by atoms with E-state index >= 15 is 0 Å². The Kier molecular flexibility index (Phi) is 5.64. The summed E-state index contributed by atoms with van der Waals surface area (Å²) in [5.74, 6) is 0.0353. The van der Waals surface area contributed by atoms with E-state index in [-0.39, 0.29) is 11.6 Å². The highest BCUT2D eigenvalue weighted by Crippen LogP contribution is 2.19. The Balaban J connectivity index is 2.69. The molecule has 0 saturated heterocycles. The number of nitrogens with one attached hydrogen (secondary N) is 1. The van der Waals surface area contributed by atoms with E-state index in [9.17, 15) is 14.9 Å². The third-order valence-corrected chi connectivity index (χ3v) is 2.96. The second-order valence-corrected chi connectivity index (χ2v) is 5.34. The SMILES string of the molecule is Cc1ccc(C(=O)NC[C@@H](C)CN(C)C)cc1[N+](=O)[O-]. The minimum atomic E-state index is -0.471. The van der Waals surface area contributed by atoms with Crippen molar-refractivity contribution in [2.75, 3.05) is 27.2 Å². The first-order chi connectivity index (χ1) is 9.31. The zero-order chi connectivity index (χ0) is 15.3. The minimum Gasteiger partial charge on any atom is -0.352 e. The quantitative estimate of drug-likeness (QED) is 0.636. The number of nitro groups is 1. The standard InChI is InChI=1S/C14H21N3O3/c1-10(9-16(3)4)8-15-14(18)12-6-5-11(2)13(7-12)17(19)20/h5-7,10H,8-9H2,1-4H3,(H,15,18)/t10-/m1/s1. The van der Waals surface area contributed by atoms with Crippen molar-refractivity contribution in [1.82, 2.24) is 10.2 Å². The smallest absolute Gasteiger partial charge is 0.273 e. The Labute approximate surface area is 118 Å². The van der Waals surface area contributed by atoms with Crippen LogP contribution in [0, 0.1) is 23.0 Å². The molecule has 110 valence electrons. The number of hydrogen-bond acceptors (Lipinski definition) is 4.